The van der Waals surface area contributed by atoms with Gasteiger partial charge in [-0.2, -0.15) is 0 Å². The third-order valence-corrected chi connectivity index (χ3v) is 5.51. The maximum absolute atomic E-state index is 12.5. The summed E-state index contributed by atoms with van der Waals surface area (Å²) in [5.74, 6) is 0.876. The first-order valence-electron chi connectivity index (χ1n) is 9.84. The largest absolute Gasteiger partial charge is 0.497 e. The number of hydrogen-bond donors (Lipinski definition) is 2. The van der Waals surface area contributed by atoms with Gasteiger partial charge in [-0.3, -0.25) is 9.59 Å². The minimum absolute atomic E-state index is 0.00637. The van der Waals surface area contributed by atoms with Crippen LogP contribution in [0.15, 0.2) is 24.3 Å². The van der Waals surface area contributed by atoms with Gasteiger partial charge >= 0.3 is 0 Å². The van der Waals surface area contributed by atoms with Crippen LogP contribution in [0.4, 0.5) is 0 Å². The third kappa shape index (κ3) is 5.70. The number of nitrogens with one attached hydrogen (secondary N) is 2. The molecule has 3 rings (SSSR count). The number of hydrogen-bond acceptors (Lipinski definition) is 4. The summed E-state index contributed by atoms with van der Waals surface area (Å²) in [6, 6.07) is 8.01. The van der Waals surface area contributed by atoms with E-state index < -0.39 is 0 Å². The van der Waals surface area contributed by atoms with Crippen molar-refractivity contribution >= 4 is 11.8 Å². The van der Waals surface area contributed by atoms with Gasteiger partial charge in [0.25, 0.3) is 0 Å². The Labute approximate surface area is 161 Å². The van der Waals surface area contributed by atoms with Crippen molar-refractivity contribution in [3.63, 3.8) is 0 Å². The van der Waals surface area contributed by atoms with Crippen LogP contribution < -0.4 is 15.4 Å². The third-order valence-electron chi connectivity index (χ3n) is 5.51. The lowest BCUT2D eigenvalue weighted by Crippen LogP contribution is -2.50. The molecule has 2 fully saturated rings. The maximum Gasteiger partial charge on any atom is 0.223 e. The number of amides is 2. The summed E-state index contributed by atoms with van der Waals surface area (Å²) in [7, 11) is 3.31. The van der Waals surface area contributed by atoms with Gasteiger partial charge in [-0.25, -0.2) is 0 Å². The molecule has 0 bridgehead atoms. The molecule has 0 radical (unpaired) electrons. The lowest BCUT2D eigenvalue weighted by molar-refractivity contribution is -0.130. The highest BCUT2D eigenvalue weighted by molar-refractivity contribution is 5.80. The van der Waals surface area contributed by atoms with Gasteiger partial charge in [0.15, 0.2) is 0 Å². The standard InChI is InChI=1S/C21H30N2O4/c1-26-17-5-3-4-14(12-17)6-11-20(24)23-18-13-15(7-10-19(18)27-2)21(25)22-16-8-9-16/h3-5,12,15-16,18-19H,6-11,13H2,1-2H3,(H,22,25)(H,23,24)/t15-,18+,19+/m0/s1. The molecule has 0 unspecified atom stereocenters. The van der Waals surface area contributed by atoms with Gasteiger partial charge in [-0.1, -0.05) is 12.1 Å². The smallest absolute Gasteiger partial charge is 0.223 e. The van der Waals surface area contributed by atoms with E-state index in [9.17, 15) is 9.59 Å². The van der Waals surface area contributed by atoms with Crippen LogP contribution in [0, 0.1) is 5.92 Å². The number of carbonyl (C=O) groups excluding carboxylic acids is 2. The minimum Gasteiger partial charge on any atom is -0.497 e. The fraction of sp³-hybridized carbons (Fsp3) is 0.619. The molecule has 0 spiro atoms. The molecule has 0 aromatic heterocycles. The first-order valence-corrected chi connectivity index (χ1v) is 9.84. The molecular weight excluding hydrogens is 344 g/mol. The number of aryl methyl sites for hydroxylation is 1. The first-order chi connectivity index (χ1) is 13.1. The molecule has 3 atom stereocenters. The molecule has 1 aromatic carbocycles. The van der Waals surface area contributed by atoms with Gasteiger partial charge in [-0.05, 0) is 56.2 Å². The van der Waals surface area contributed by atoms with Crippen LogP contribution in [0.1, 0.15) is 44.1 Å². The van der Waals surface area contributed by atoms with Crippen LogP contribution in [0.3, 0.4) is 0 Å². The summed E-state index contributed by atoms with van der Waals surface area (Å²) in [6.45, 7) is 0. The second-order valence-corrected chi connectivity index (χ2v) is 7.59. The van der Waals surface area contributed by atoms with E-state index in [4.69, 9.17) is 9.47 Å². The van der Waals surface area contributed by atoms with E-state index in [-0.39, 0.29) is 29.9 Å². The van der Waals surface area contributed by atoms with Gasteiger partial charge in [-0.15, -0.1) is 0 Å². The quantitative estimate of drug-likeness (QED) is 0.731. The Bertz CT molecular complexity index is 659. The van der Waals surface area contributed by atoms with Crippen LogP contribution in [-0.2, 0) is 20.7 Å². The van der Waals surface area contributed by atoms with Crippen molar-refractivity contribution < 1.29 is 19.1 Å². The molecule has 148 valence electrons. The summed E-state index contributed by atoms with van der Waals surface area (Å²) < 4.78 is 10.8. The Morgan fingerprint density at radius 1 is 1.11 bits per heavy atom. The summed E-state index contributed by atoms with van der Waals surface area (Å²) in [5, 5.41) is 6.18. The normalized spacial score (nSPS) is 24.9. The second kappa shape index (κ2) is 9.22. The first kappa shape index (κ1) is 19.7. The van der Waals surface area contributed by atoms with Crippen molar-refractivity contribution in [2.75, 3.05) is 14.2 Å². The molecule has 2 amide bonds. The van der Waals surface area contributed by atoms with Gasteiger partial charge in [0.05, 0.1) is 19.3 Å². The Hall–Kier alpha value is -2.08. The van der Waals surface area contributed by atoms with Crippen LogP contribution in [0.5, 0.6) is 5.75 Å². The monoisotopic (exact) mass is 374 g/mol. The zero-order valence-corrected chi connectivity index (χ0v) is 16.2. The molecule has 0 heterocycles. The Morgan fingerprint density at radius 3 is 2.63 bits per heavy atom. The van der Waals surface area contributed by atoms with Crippen molar-refractivity contribution in [2.45, 2.75) is 63.1 Å². The predicted molar refractivity (Wildman–Crippen MR) is 103 cm³/mol. The Morgan fingerprint density at radius 2 is 1.93 bits per heavy atom. The predicted octanol–water partition coefficient (Wildman–Crippen LogP) is 2.21. The molecule has 6 nitrogen and oxygen atoms in total. The summed E-state index contributed by atoms with van der Waals surface area (Å²) in [5.41, 5.74) is 1.07. The number of rotatable bonds is 8. The zero-order chi connectivity index (χ0) is 19.2. The second-order valence-electron chi connectivity index (χ2n) is 7.59. The highest BCUT2D eigenvalue weighted by Crippen LogP contribution is 2.28. The fourth-order valence-corrected chi connectivity index (χ4v) is 3.73. The molecule has 2 aliphatic carbocycles. The van der Waals surface area contributed by atoms with E-state index in [0.29, 0.717) is 25.3 Å². The fourth-order valence-electron chi connectivity index (χ4n) is 3.73. The minimum atomic E-state index is -0.114. The van der Waals surface area contributed by atoms with Crippen molar-refractivity contribution in [1.29, 1.82) is 0 Å². The molecule has 6 heteroatoms. The van der Waals surface area contributed by atoms with E-state index in [1.807, 2.05) is 24.3 Å². The lowest BCUT2D eigenvalue weighted by atomic mass is 9.83. The number of methoxy groups -OCH3 is 2. The average Bonchev–Trinajstić information content (AvgIpc) is 3.50. The van der Waals surface area contributed by atoms with Gasteiger partial charge in [0, 0.05) is 25.5 Å². The number of ether oxygens (including phenoxy) is 2. The molecule has 0 aliphatic heterocycles. The van der Waals surface area contributed by atoms with Crippen LogP contribution in [0.2, 0.25) is 0 Å². The van der Waals surface area contributed by atoms with Crippen LogP contribution >= 0.6 is 0 Å². The molecule has 2 saturated carbocycles. The Balaban J connectivity index is 1.50. The summed E-state index contributed by atoms with van der Waals surface area (Å²) in [4.78, 5) is 24.8. The number of carbonyl (C=O) groups is 2. The van der Waals surface area contributed by atoms with Crippen molar-refractivity contribution in [3.05, 3.63) is 29.8 Å². The van der Waals surface area contributed by atoms with E-state index in [1.165, 1.54) is 0 Å². The maximum atomic E-state index is 12.5. The van der Waals surface area contributed by atoms with Gasteiger partial charge in [0.2, 0.25) is 11.8 Å². The number of benzene rings is 1. The van der Waals surface area contributed by atoms with Crippen molar-refractivity contribution in [3.8, 4) is 5.75 Å². The van der Waals surface area contributed by atoms with Gasteiger partial charge < -0.3 is 20.1 Å². The highest BCUT2D eigenvalue weighted by Gasteiger charge is 2.36. The topological polar surface area (TPSA) is 76.7 Å². The van der Waals surface area contributed by atoms with Gasteiger partial charge in [0.1, 0.15) is 5.75 Å². The average molecular weight is 374 g/mol. The lowest BCUT2D eigenvalue weighted by Gasteiger charge is -2.35. The molecular formula is C21H30N2O4. The molecule has 27 heavy (non-hydrogen) atoms. The summed E-state index contributed by atoms with van der Waals surface area (Å²) >= 11 is 0. The zero-order valence-electron chi connectivity index (χ0n) is 16.2. The van der Waals surface area contributed by atoms with E-state index in [0.717, 1.165) is 37.0 Å². The molecule has 2 N–H and O–H groups in total. The highest BCUT2D eigenvalue weighted by atomic mass is 16.5. The SMILES string of the molecule is COc1cccc(CCC(=O)N[C@@H]2C[C@@H](C(=O)NC3CC3)CC[C@H]2OC)c1. The molecule has 0 saturated heterocycles. The van der Waals surface area contributed by atoms with E-state index >= 15 is 0 Å². The Kier molecular flexibility index (Phi) is 6.72. The molecule has 1 aromatic rings. The van der Waals surface area contributed by atoms with Crippen LogP contribution in [0.25, 0.3) is 0 Å². The van der Waals surface area contributed by atoms with Crippen molar-refractivity contribution in [2.24, 2.45) is 5.92 Å². The van der Waals surface area contributed by atoms with E-state index in [2.05, 4.69) is 10.6 Å². The summed E-state index contributed by atoms with van der Waals surface area (Å²) in [6.07, 6.45) is 5.44. The van der Waals surface area contributed by atoms with Crippen LogP contribution in [-0.4, -0.2) is 44.2 Å². The van der Waals surface area contributed by atoms with Crippen molar-refractivity contribution in [1.82, 2.24) is 10.6 Å². The van der Waals surface area contributed by atoms with E-state index in [1.54, 1.807) is 14.2 Å². The molecule has 2 aliphatic rings.